The molecule has 0 aromatic heterocycles. The van der Waals surface area contributed by atoms with E-state index < -0.39 is 29.4 Å². The Morgan fingerprint density at radius 1 is 1.04 bits per heavy atom. The minimum Gasteiger partial charge on any atom is -0.335 e. The average Bonchev–Trinajstić information content (AvgIpc) is 3.43. The Hall–Kier alpha value is -2.03. The molecule has 1 amide bonds. The molecule has 1 aromatic carbocycles. The first-order chi connectivity index (χ1) is 12.6. The predicted molar refractivity (Wildman–Crippen MR) is 85.5 cm³/mol. The number of nitrogens with one attached hydrogen (secondary N) is 1. The smallest absolute Gasteiger partial charge is 0.335 e. The van der Waals surface area contributed by atoms with Gasteiger partial charge in [-0.05, 0) is 36.6 Å². The third-order valence-electron chi connectivity index (χ3n) is 4.58. The molecule has 9 heteroatoms. The lowest BCUT2D eigenvalue weighted by Gasteiger charge is -2.28. The Labute approximate surface area is 152 Å². The Morgan fingerprint density at radius 2 is 1.63 bits per heavy atom. The molecule has 0 saturated heterocycles. The van der Waals surface area contributed by atoms with Gasteiger partial charge in [0.2, 0.25) is 5.91 Å². The number of benzene rings is 1. The Bertz CT molecular complexity index is 704. The third kappa shape index (κ3) is 4.82. The third-order valence-corrected chi connectivity index (χ3v) is 4.58. The van der Waals surface area contributed by atoms with Crippen molar-refractivity contribution in [3.8, 4) is 0 Å². The Balaban J connectivity index is 1.90. The number of rotatable bonds is 4. The first kappa shape index (κ1) is 19.7. The molecule has 1 aliphatic heterocycles. The van der Waals surface area contributed by atoms with E-state index in [-0.39, 0.29) is 30.1 Å². The number of carbonyl (C=O) groups excluding carboxylic acids is 1. The predicted octanol–water partition coefficient (Wildman–Crippen LogP) is 3.99. The molecule has 1 aliphatic carbocycles. The fraction of sp³-hybridized carbons (Fsp3) is 0.500. The first-order valence-electron chi connectivity index (χ1n) is 8.52. The second-order valence-electron chi connectivity index (χ2n) is 6.80. The Kier molecular flexibility index (Phi) is 5.24. The SMILES string of the molecule is O=C(C1C=CCNC1)N(Cc1cc(C(F)(F)F)cc(C(F)(F)F)c1)C1CC1. The van der Waals surface area contributed by atoms with Crippen LogP contribution in [0.4, 0.5) is 26.3 Å². The summed E-state index contributed by atoms with van der Waals surface area (Å²) in [5, 5.41) is 3.02. The van der Waals surface area contributed by atoms with Crippen molar-refractivity contribution in [1.29, 1.82) is 0 Å². The van der Waals surface area contributed by atoms with Gasteiger partial charge >= 0.3 is 12.4 Å². The van der Waals surface area contributed by atoms with Gasteiger partial charge in [-0.15, -0.1) is 0 Å². The van der Waals surface area contributed by atoms with E-state index in [0.29, 0.717) is 38.1 Å². The molecule has 0 radical (unpaired) electrons. The highest BCUT2D eigenvalue weighted by atomic mass is 19.4. The summed E-state index contributed by atoms with van der Waals surface area (Å²) in [6, 6.07) is 1.33. The molecule has 1 N–H and O–H groups in total. The molecule has 1 unspecified atom stereocenters. The molecule has 1 heterocycles. The summed E-state index contributed by atoms with van der Waals surface area (Å²) < 4.78 is 78.2. The summed E-state index contributed by atoms with van der Waals surface area (Å²) in [7, 11) is 0. The van der Waals surface area contributed by atoms with Crippen molar-refractivity contribution in [2.24, 2.45) is 5.92 Å². The molecule has 2 aliphatic rings. The van der Waals surface area contributed by atoms with Gasteiger partial charge in [-0.1, -0.05) is 12.2 Å². The minimum atomic E-state index is -4.90. The van der Waals surface area contributed by atoms with Gasteiger partial charge in [0.05, 0.1) is 17.0 Å². The zero-order valence-electron chi connectivity index (χ0n) is 14.2. The number of hydrogen-bond donors (Lipinski definition) is 1. The van der Waals surface area contributed by atoms with E-state index in [1.54, 1.807) is 12.2 Å². The van der Waals surface area contributed by atoms with Crippen LogP contribution in [0.15, 0.2) is 30.4 Å². The van der Waals surface area contributed by atoms with Crippen LogP contribution >= 0.6 is 0 Å². The van der Waals surface area contributed by atoms with Gasteiger partial charge in [-0.2, -0.15) is 26.3 Å². The Morgan fingerprint density at radius 3 is 2.07 bits per heavy atom. The van der Waals surface area contributed by atoms with Crippen LogP contribution in [0.25, 0.3) is 0 Å². The number of alkyl halides is 6. The van der Waals surface area contributed by atoms with E-state index in [9.17, 15) is 31.1 Å². The number of amides is 1. The number of nitrogens with zero attached hydrogens (tertiary/aromatic N) is 1. The summed E-state index contributed by atoms with van der Waals surface area (Å²) in [6.45, 7) is 0.742. The van der Waals surface area contributed by atoms with E-state index in [1.807, 2.05) is 0 Å². The summed E-state index contributed by atoms with van der Waals surface area (Å²) >= 11 is 0. The maximum absolute atomic E-state index is 13.0. The lowest BCUT2D eigenvalue weighted by molar-refractivity contribution is -0.143. The quantitative estimate of drug-likeness (QED) is 0.621. The number of halogens is 6. The topological polar surface area (TPSA) is 32.3 Å². The van der Waals surface area contributed by atoms with Crippen LogP contribution in [0.5, 0.6) is 0 Å². The molecular weight excluding hydrogens is 374 g/mol. The molecule has 0 spiro atoms. The zero-order valence-corrected chi connectivity index (χ0v) is 14.2. The molecule has 27 heavy (non-hydrogen) atoms. The monoisotopic (exact) mass is 392 g/mol. The summed E-state index contributed by atoms with van der Waals surface area (Å²) in [5.74, 6) is -0.751. The van der Waals surface area contributed by atoms with E-state index in [1.165, 1.54) is 4.90 Å². The van der Waals surface area contributed by atoms with Gasteiger partial charge in [-0.3, -0.25) is 4.79 Å². The van der Waals surface area contributed by atoms with Crippen LogP contribution in [0.1, 0.15) is 29.5 Å². The fourth-order valence-electron chi connectivity index (χ4n) is 3.09. The van der Waals surface area contributed by atoms with Crippen molar-refractivity contribution >= 4 is 5.91 Å². The van der Waals surface area contributed by atoms with Crippen molar-refractivity contribution < 1.29 is 31.1 Å². The second kappa shape index (κ2) is 7.18. The average molecular weight is 392 g/mol. The van der Waals surface area contributed by atoms with Gasteiger partial charge in [0.1, 0.15) is 0 Å². The maximum Gasteiger partial charge on any atom is 0.416 e. The lowest BCUT2D eigenvalue weighted by Crippen LogP contribution is -2.42. The van der Waals surface area contributed by atoms with Crippen LogP contribution in [0.2, 0.25) is 0 Å². The van der Waals surface area contributed by atoms with Crippen LogP contribution in [0, 0.1) is 5.92 Å². The van der Waals surface area contributed by atoms with E-state index in [0.717, 1.165) is 0 Å². The van der Waals surface area contributed by atoms with Crippen molar-refractivity contribution in [1.82, 2.24) is 10.2 Å². The summed E-state index contributed by atoms with van der Waals surface area (Å²) in [4.78, 5) is 14.1. The lowest BCUT2D eigenvalue weighted by atomic mass is 10.0. The van der Waals surface area contributed by atoms with Crippen molar-refractivity contribution in [2.45, 2.75) is 37.8 Å². The van der Waals surface area contributed by atoms with Crippen LogP contribution in [0.3, 0.4) is 0 Å². The summed E-state index contributed by atoms with van der Waals surface area (Å²) in [5.41, 5.74) is -2.91. The highest BCUT2D eigenvalue weighted by molar-refractivity contribution is 5.81. The first-order valence-corrected chi connectivity index (χ1v) is 8.52. The largest absolute Gasteiger partial charge is 0.416 e. The van der Waals surface area contributed by atoms with Gasteiger partial charge < -0.3 is 10.2 Å². The zero-order chi connectivity index (χ0) is 19.8. The molecule has 1 saturated carbocycles. The fourth-order valence-corrected chi connectivity index (χ4v) is 3.09. The molecule has 3 rings (SSSR count). The molecule has 0 bridgehead atoms. The van der Waals surface area contributed by atoms with Crippen molar-refractivity contribution in [2.75, 3.05) is 13.1 Å². The molecular formula is C18H18F6N2O. The van der Waals surface area contributed by atoms with E-state index in [4.69, 9.17) is 0 Å². The number of hydrogen-bond acceptors (Lipinski definition) is 2. The van der Waals surface area contributed by atoms with Gasteiger partial charge in [-0.25, -0.2) is 0 Å². The standard InChI is InChI=1S/C18H18F6N2O/c19-17(20,21)13-6-11(7-14(8-13)18(22,23)24)10-26(15-3-4-15)16(27)12-2-1-5-25-9-12/h1-2,6-8,12,15,25H,3-5,9-10H2. The van der Waals surface area contributed by atoms with Gasteiger partial charge in [0.25, 0.3) is 0 Å². The van der Waals surface area contributed by atoms with Crippen molar-refractivity contribution in [3.63, 3.8) is 0 Å². The van der Waals surface area contributed by atoms with Crippen LogP contribution in [-0.2, 0) is 23.7 Å². The van der Waals surface area contributed by atoms with E-state index >= 15 is 0 Å². The molecule has 1 fully saturated rings. The minimum absolute atomic E-state index is 0.0978. The second-order valence-corrected chi connectivity index (χ2v) is 6.80. The molecule has 1 atom stereocenters. The highest BCUT2D eigenvalue weighted by Gasteiger charge is 2.39. The van der Waals surface area contributed by atoms with Crippen LogP contribution < -0.4 is 5.32 Å². The highest BCUT2D eigenvalue weighted by Crippen LogP contribution is 2.37. The molecule has 3 nitrogen and oxygen atoms in total. The van der Waals surface area contributed by atoms with Gasteiger partial charge in [0.15, 0.2) is 0 Å². The van der Waals surface area contributed by atoms with Crippen molar-refractivity contribution in [3.05, 3.63) is 47.0 Å². The normalized spacial score (nSPS) is 20.6. The number of carbonyl (C=O) groups is 1. The molecule has 148 valence electrons. The maximum atomic E-state index is 13.0. The van der Waals surface area contributed by atoms with Gasteiger partial charge in [0, 0.05) is 25.7 Å². The summed E-state index contributed by atoms with van der Waals surface area (Å²) in [6.07, 6.45) is -4.91. The van der Waals surface area contributed by atoms with Crippen LogP contribution in [-0.4, -0.2) is 29.9 Å². The van der Waals surface area contributed by atoms with E-state index in [2.05, 4.69) is 5.32 Å². The molecule has 1 aromatic rings.